The van der Waals surface area contributed by atoms with Crippen molar-refractivity contribution in [2.45, 2.75) is 70.2 Å². The number of phosphoric acid groups is 3. The van der Waals surface area contributed by atoms with Gasteiger partial charge in [-0.25, -0.2) is 19.3 Å². The first-order chi connectivity index (χ1) is 28.4. The number of rotatable bonds is 23. The van der Waals surface area contributed by atoms with E-state index in [1.54, 1.807) is 6.08 Å². The summed E-state index contributed by atoms with van der Waals surface area (Å²) in [6.45, 7) is 1.22. The highest BCUT2D eigenvalue weighted by molar-refractivity contribution is 8.14. The minimum atomic E-state index is -5.94. The van der Waals surface area contributed by atoms with E-state index >= 15 is 0 Å². The largest absolute Gasteiger partial charge is 0.790 e. The van der Waals surface area contributed by atoms with Crippen LogP contribution in [0.4, 0.5) is 5.82 Å². The molecule has 24 nitrogen and oxygen atoms in total. The van der Waals surface area contributed by atoms with Crippen LogP contribution in [0, 0.1) is 5.41 Å². The maximum absolute atomic E-state index is 12.6. The van der Waals surface area contributed by atoms with E-state index in [1.165, 1.54) is 26.8 Å². The first-order valence-electron chi connectivity index (χ1n) is 18.2. The smallest absolute Gasteiger partial charge is 0.274 e. The van der Waals surface area contributed by atoms with Crippen molar-refractivity contribution in [3.63, 3.8) is 0 Å². The number of thioether (sulfide) groups is 1. The average Bonchev–Trinajstić information content (AvgIpc) is 3.72. The standard InChI is InChI=1S/C33H48N7O17P3S/c1-32(2,28(44)31(45)36-14-13-23(41)35-15-16-61-24(42)12-8-7-11-21-9-5-4-6-10-21)18-54-60(51,52)57-59(49,50)53-17-22-26(56-58(46,47)48)27(43)33(3,55-22)40-20-39-25-29(34)37-19-38-30(25)40/h4-6,8-10,12,19-20,22,26-28,43-44H,7,11,13-18H2,1-3H3,(H,35,41)(H,36,45)(H,49,50)(H,51,52)(H2,34,37,38)(H2,46,47,48)/p-4. The highest BCUT2D eigenvalue weighted by Gasteiger charge is 2.55. The van der Waals surface area contributed by atoms with Crippen LogP contribution < -0.4 is 35.9 Å². The van der Waals surface area contributed by atoms with Crippen molar-refractivity contribution >= 4 is 69.1 Å². The van der Waals surface area contributed by atoms with Crippen LogP contribution in [0.25, 0.3) is 11.2 Å². The lowest BCUT2D eigenvalue weighted by molar-refractivity contribution is -0.347. The molecule has 0 bridgehead atoms. The second-order valence-corrected chi connectivity index (χ2v) is 19.3. The Labute approximate surface area is 353 Å². The number of nitrogens with two attached hydrogens (primary N) is 1. The van der Waals surface area contributed by atoms with Crippen molar-refractivity contribution in [2.75, 3.05) is 37.8 Å². The van der Waals surface area contributed by atoms with E-state index in [0.717, 1.165) is 41.0 Å². The summed E-state index contributed by atoms with van der Waals surface area (Å²) >= 11 is 1.02. The number of benzene rings is 1. The quantitative estimate of drug-likeness (QED) is 0.0410. The number of ether oxygens (including phenoxy) is 1. The lowest BCUT2D eigenvalue weighted by atomic mass is 9.87. The first-order valence-corrected chi connectivity index (χ1v) is 23.5. The van der Waals surface area contributed by atoms with E-state index in [9.17, 15) is 57.9 Å². The third-order valence-electron chi connectivity index (χ3n) is 8.90. The van der Waals surface area contributed by atoms with Crippen molar-refractivity contribution in [2.24, 2.45) is 5.41 Å². The van der Waals surface area contributed by atoms with E-state index in [4.69, 9.17) is 10.5 Å². The van der Waals surface area contributed by atoms with Gasteiger partial charge in [0.2, 0.25) is 16.9 Å². The third kappa shape index (κ3) is 14.8. The zero-order chi connectivity index (χ0) is 45.2. The highest BCUT2D eigenvalue weighted by Crippen LogP contribution is 2.56. The summed E-state index contributed by atoms with van der Waals surface area (Å²) in [5, 5.41) is 26.4. The van der Waals surface area contributed by atoms with Gasteiger partial charge in [0.25, 0.3) is 15.6 Å². The van der Waals surface area contributed by atoms with Gasteiger partial charge in [0.15, 0.2) is 17.2 Å². The van der Waals surface area contributed by atoms with Crippen LogP contribution in [-0.4, -0.2) is 103 Å². The minimum Gasteiger partial charge on any atom is -0.790 e. The zero-order valence-electron chi connectivity index (χ0n) is 32.8. The molecule has 0 radical (unpaired) electrons. The Hall–Kier alpha value is -3.48. The second kappa shape index (κ2) is 21.3. The van der Waals surface area contributed by atoms with Crippen molar-refractivity contribution in [1.82, 2.24) is 30.2 Å². The van der Waals surface area contributed by atoms with Crippen molar-refractivity contribution < 1.29 is 80.5 Å². The summed E-state index contributed by atoms with van der Waals surface area (Å²) in [7, 11) is -17.7. The number of nitrogens with zero attached hydrogens (tertiary/aromatic N) is 4. The molecule has 1 aliphatic rings. The Morgan fingerprint density at radius 3 is 2.44 bits per heavy atom. The van der Waals surface area contributed by atoms with Gasteiger partial charge in [-0.15, -0.1) is 0 Å². The van der Waals surface area contributed by atoms with Gasteiger partial charge in [-0.3, -0.25) is 28.1 Å². The number of aryl methyl sites for hydroxylation is 1. The Morgan fingerprint density at radius 2 is 1.75 bits per heavy atom. The van der Waals surface area contributed by atoms with E-state index in [2.05, 4.69) is 43.5 Å². The number of allylic oxidation sites excluding steroid dienone is 1. The number of hydrogen-bond donors (Lipinski definition) is 5. The van der Waals surface area contributed by atoms with E-state index in [-0.39, 0.29) is 41.6 Å². The number of nitrogens with one attached hydrogen (secondary N) is 2. The van der Waals surface area contributed by atoms with Crippen molar-refractivity contribution in [3.8, 4) is 0 Å². The number of phosphoric ester groups is 3. The Bertz CT molecular complexity index is 2180. The fourth-order valence-corrected chi connectivity index (χ4v) is 9.02. The first kappa shape index (κ1) is 50.2. The normalized spacial score (nSPS) is 22.1. The van der Waals surface area contributed by atoms with Crippen LogP contribution in [0.2, 0.25) is 0 Å². The molecule has 7 atom stereocenters. The Morgan fingerprint density at radius 1 is 1.07 bits per heavy atom. The molecule has 4 rings (SSSR count). The van der Waals surface area contributed by atoms with Gasteiger partial charge in [0.05, 0.1) is 27.4 Å². The molecule has 2 aromatic heterocycles. The molecule has 3 heterocycles. The van der Waals surface area contributed by atoms with Gasteiger partial charge in [-0.2, -0.15) is 0 Å². The summed E-state index contributed by atoms with van der Waals surface area (Å²) in [6, 6.07) is 9.79. The minimum absolute atomic E-state index is 0.0336. The number of carbonyl (C=O) groups excluding carboxylic acids is 3. The molecule has 3 aromatic rings. The molecule has 28 heteroatoms. The van der Waals surface area contributed by atoms with Gasteiger partial charge >= 0.3 is 0 Å². The zero-order valence-corrected chi connectivity index (χ0v) is 36.3. The average molecular weight is 936 g/mol. The van der Waals surface area contributed by atoms with Crippen molar-refractivity contribution in [3.05, 3.63) is 60.7 Å². The fraction of sp³-hybridized carbons (Fsp3) is 0.515. The molecule has 1 fully saturated rings. The lowest BCUT2D eigenvalue weighted by Gasteiger charge is -2.36. The number of nitrogen functional groups attached to an aromatic ring is 1. The lowest BCUT2D eigenvalue weighted by Crippen LogP contribution is -2.46. The van der Waals surface area contributed by atoms with Gasteiger partial charge < -0.3 is 69.0 Å². The number of carbonyl (C=O) groups is 3. The Kier molecular flexibility index (Phi) is 17.5. The van der Waals surface area contributed by atoms with E-state index < -0.39 is 84.1 Å². The Balaban J connectivity index is 1.20. The summed E-state index contributed by atoms with van der Waals surface area (Å²) in [5.74, 6) is -1.27. The number of aliphatic hydroxyl groups excluding tert-OH is 2. The molecule has 1 aromatic carbocycles. The molecular formula is C33H44N7O17P3S-4. The number of fused-ring (bicyclic) bond motifs is 1. The summed E-state index contributed by atoms with van der Waals surface area (Å²) in [5.41, 5.74) is 3.17. The maximum Gasteiger partial charge on any atom is 0.274 e. The summed E-state index contributed by atoms with van der Waals surface area (Å²) in [4.78, 5) is 96.8. The van der Waals surface area contributed by atoms with Crippen molar-refractivity contribution in [1.29, 1.82) is 0 Å². The van der Waals surface area contributed by atoms with Crippen LogP contribution in [-0.2, 0) is 62.8 Å². The number of hydrogen-bond acceptors (Lipinski definition) is 22. The third-order valence-corrected chi connectivity index (χ3v) is 12.7. The van der Waals surface area contributed by atoms with Gasteiger partial charge in [0, 0.05) is 30.7 Å². The molecule has 7 unspecified atom stereocenters. The molecule has 61 heavy (non-hydrogen) atoms. The van der Waals surface area contributed by atoms with Crippen LogP contribution in [0.1, 0.15) is 39.2 Å². The number of amides is 2. The van der Waals surface area contributed by atoms with Gasteiger partial charge in [-0.05, 0) is 31.4 Å². The second-order valence-electron chi connectivity index (χ2n) is 14.1. The molecule has 338 valence electrons. The van der Waals surface area contributed by atoms with Crippen LogP contribution in [0.3, 0.4) is 0 Å². The number of anilines is 1. The molecule has 1 saturated heterocycles. The van der Waals surface area contributed by atoms with E-state index in [0.29, 0.717) is 12.2 Å². The number of imidazole rings is 1. The maximum atomic E-state index is 12.6. The molecule has 1 aliphatic heterocycles. The highest BCUT2D eigenvalue weighted by atomic mass is 32.2. The monoisotopic (exact) mass is 935 g/mol. The van der Waals surface area contributed by atoms with E-state index in [1.807, 2.05) is 30.3 Å². The van der Waals surface area contributed by atoms with Crippen LogP contribution in [0.15, 0.2) is 55.1 Å². The molecular weight excluding hydrogens is 891 g/mol. The number of aromatic nitrogens is 4. The molecule has 6 N–H and O–H groups in total. The summed E-state index contributed by atoms with van der Waals surface area (Å²) < 4.78 is 61.2. The predicted molar refractivity (Wildman–Crippen MR) is 207 cm³/mol. The molecule has 0 aliphatic carbocycles. The fourth-order valence-electron chi connectivity index (χ4n) is 5.69. The molecule has 0 saturated carbocycles. The van der Waals surface area contributed by atoms with Gasteiger partial charge in [0.1, 0.15) is 36.3 Å². The van der Waals surface area contributed by atoms with Crippen LogP contribution >= 0.6 is 35.2 Å². The molecule has 2 amide bonds. The summed E-state index contributed by atoms with van der Waals surface area (Å²) in [6.07, 6.45) is -1.36. The number of aliphatic hydroxyl groups is 2. The SMILES string of the molecule is CC(C)(COP(=O)([O-])OP(=O)([O-])OCC1OC(C)(n2cnc3c(N)ncnc32)C(O)C1OP(=O)([O-])[O-])C(O)C(=O)NCCC(=O)NCCSC(=O)C=CCCc1ccccc1. The van der Waals surface area contributed by atoms with Crippen LogP contribution in [0.5, 0.6) is 0 Å². The van der Waals surface area contributed by atoms with Gasteiger partial charge in [-0.1, -0.05) is 62.0 Å². The predicted octanol–water partition coefficient (Wildman–Crippen LogP) is -1.50. The molecule has 0 spiro atoms. The topological polar surface area (TPSA) is 375 Å².